The maximum atomic E-state index is 5.18. The van der Waals surface area contributed by atoms with Crippen molar-refractivity contribution in [1.29, 1.82) is 0 Å². The molecule has 0 heterocycles. The van der Waals surface area contributed by atoms with Gasteiger partial charge in [0.2, 0.25) is 0 Å². The maximum absolute atomic E-state index is 5.18. The number of benzene rings is 1. The summed E-state index contributed by atoms with van der Waals surface area (Å²) in [6, 6.07) is 5.48. The van der Waals surface area contributed by atoms with Gasteiger partial charge in [-0.2, -0.15) is 5.10 Å². The van der Waals surface area contributed by atoms with Crippen LogP contribution in [0.4, 0.5) is 0 Å². The first-order valence-corrected chi connectivity index (χ1v) is 6.39. The molecule has 110 valence electrons. The topological polar surface area (TPSA) is 64.1 Å². The van der Waals surface area contributed by atoms with Crippen LogP contribution in [0.1, 0.15) is 5.56 Å². The van der Waals surface area contributed by atoms with Crippen LogP contribution >= 0.6 is 12.2 Å². The van der Waals surface area contributed by atoms with Crippen molar-refractivity contribution in [3.8, 4) is 11.5 Å². The molecule has 0 amide bonds. The van der Waals surface area contributed by atoms with Crippen molar-refractivity contribution < 1.29 is 14.2 Å². The first kappa shape index (κ1) is 16.2. The number of hydrazone groups is 1. The second-order valence-corrected chi connectivity index (χ2v) is 4.17. The fourth-order valence-electron chi connectivity index (χ4n) is 1.38. The lowest BCUT2D eigenvalue weighted by Gasteiger charge is -2.07. The van der Waals surface area contributed by atoms with E-state index in [2.05, 4.69) is 15.8 Å². The van der Waals surface area contributed by atoms with Crippen molar-refractivity contribution >= 4 is 23.5 Å². The number of nitrogens with zero attached hydrogens (tertiary/aromatic N) is 1. The SMILES string of the molecule is COCCNC(=S)N/N=C\c1cc(OC)cc(OC)c1. The molecule has 1 rings (SSSR count). The van der Waals surface area contributed by atoms with Crippen molar-refractivity contribution in [2.45, 2.75) is 0 Å². The molecule has 0 aliphatic carbocycles. The summed E-state index contributed by atoms with van der Waals surface area (Å²) < 4.78 is 15.3. The molecule has 0 spiro atoms. The van der Waals surface area contributed by atoms with Gasteiger partial charge in [0.05, 0.1) is 27.0 Å². The summed E-state index contributed by atoms with van der Waals surface area (Å²) in [6.45, 7) is 1.21. The van der Waals surface area contributed by atoms with Crippen molar-refractivity contribution in [1.82, 2.24) is 10.7 Å². The molecular weight excluding hydrogens is 278 g/mol. The standard InChI is InChI=1S/C13H19N3O3S/c1-17-5-4-14-13(20)16-15-9-10-6-11(18-2)8-12(7-10)19-3/h6-9H,4-5H2,1-3H3,(H2,14,16,20)/b15-9-. The molecule has 0 aromatic heterocycles. The lowest BCUT2D eigenvalue weighted by Crippen LogP contribution is -2.34. The maximum Gasteiger partial charge on any atom is 0.187 e. The summed E-state index contributed by atoms with van der Waals surface area (Å²) in [6.07, 6.45) is 1.63. The Balaban J connectivity index is 2.54. The molecule has 0 radical (unpaired) electrons. The van der Waals surface area contributed by atoms with Crippen molar-refractivity contribution in [2.24, 2.45) is 5.10 Å². The van der Waals surface area contributed by atoms with Gasteiger partial charge in [-0.15, -0.1) is 0 Å². The minimum absolute atomic E-state index is 0.438. The van der Waals surface area contributed by atoms with Crippen LogP contribution in [0.3, 0.4) is 0 Å². The molecule has 0 saturated heterocycles. The molecule has 0 atom stereocenters. The van der Waals surface area contributed by atoms with Gasteiger partial charge in [0, 0.05) is 25.3 Å². The highest BCUT2D eigenvalue weighted by molar-refractivity contribution is 7.80. The summed E-state index contributed by atoms with van der Waals surface area (Å²) >= 11 is 5.04. The molecule has 1 aromatic carbocycles. The van der Waals surface area contributed by atoms with Crippen LogP contribution in [-0.2, 0) is 4.74 Å². The van der Waals surface area contributed by atoms with Gasteiger partial charge < -0.3 is 19.5 Å². The van der Waals surface area contributed by atoms with Crippen molar-refractivity contribution in [3.63, 3.8) is 0 Å². The number of ether oxygens (including phenoxy) is 3. The summed E-state index contributed by atoms with van der Waals surface area (Å²) in [5.74, 6) is 1.40. The number of methoxy groups -OCH3 is 3. The zero-order valence-electron chi connectivity index (χ0n) is 11.8. The first-order valence-electron chi connectivity index (χ1n) is 5.98. The lowest BCUT2D eigenvalue weighted by atomic mass is 10.2. The quantitative estimate of drug-likeness (QED) is 0.341. The molecule has 0 aliphatic rings. The molecular formula is C13H19N3O3S. The van der Waals surface area contributed by atoms with E-state index in [-0.39, 0.29) is 0 Å². The predicted molar refractivity (Wildman–Crippen MR) is 82.8 cm³/mol. The van der Waals surface area contributed by atoms with E-state index in [1.165, 1.54) is 0 Å². The number of nitrogens with one attached hydrogen (secondary N) is 2. The summed E-state index contributed by atoms with van der Waals surface area (Å²) in [5.41, 5.74) is 3.56. The number of thiocarbonyl (C=S) groups is 1. The fourth-order valence-corrected chi connectivity index (χ4v) is 1.53. The van der Waals surface area contributed by atoms with Gasteiger partial charge in [0.15, 0.2) is 5.11 Å². The van der Waals surface area contributed by atoms with Gasteiger partial charge in [-0.1, -0.05) is 0 Å². The van der Waals surface area contributed by atoms with Crippen LogP contribution in [0, 0.1) is 0 Å². The highest BCUT2D eigenvalue weighted by Crippen LogP contribution is 2.21. The number of hydrogen-bond acceptors (Lipinski definition) is 5. The molecule has 2 N–H and O–H groups in total. The predicted octanol–water partition coefficient (Wildman–Crippen LogP) is 1.15. The van der Waals surface area contributed by atoms with E-state index < -0.39 is 0 Å². The summed E-state index contributed by atoms with van der Waals surface area (Å²) in [5, 5.41) is 7.43. The van der Waals surface area contributed by atoms with Crippen LogP contribution in [0.2, 0.25) is 0 Å². The van der Waals surface area contributed by atoms with Crippen LogP contribution in [0.5, 0.6) is 11.5 Å². The van der Waals surface area contributed by atoms with Gasteiger partial charge in [-0.25, -0.2) is 0 Å². The monoisotopic (exact) mass is 297 g/mol. The Kier molecular flexibility index (Phi) is 7.38. The Morgan fingerprint density at radius 3 is 2.40 bits per heavy atom. The Morgan fingerprint density at radius 1 is 1.20 bits per heavy atom. The molecule has 1 aromatic rings. The largest absolute Gasteiger partial charge is 0.497 e. The van der Waals surface area contributed by atoms with Crippen LogP contribution in [-0.4, -0.2) is 45.8 Å². The van der Waals surface area contributed by atoms with Gasteiger partial charge in [-0.3, -0.25) is 5.43 Å². The third-order valence-corrected chi connectivity index (χ3v) is 2.58. The Morgan fingerprint density at radius 2 is 1.85 bits per heavy atom. The first-order chi connectivity index (χ1) is 9.69. The minimum atomic E-state index is 0.438. The highest BCUT2D eigenvalue weighted by atomic mass is 32.1. The molecule has 0 aliphatic heterocycles. The molecule has 0 bridgehead atoms. The zero-order chi connectivity index (χ0) is 14.8. The summed E-state index contributed by atoms with van der Waals surface area (Å²) in [4.78, 5) is 0. The van der Waals surface area contributed by atoms with E-state index in [1.807, 2.05) is 12.1 Å². The second kappa shape index (κ2) is 9.11. The van der Waals surface area contributed by atoms with E-state index >= 15 is 0 Å². The van der Waals surface area contributed by atoms with Crippen LogP contribution in [0.25, 0.3) is 0 Å². The van der Waals surface area contributed by atoms with Crippen LogP contribution in [0.15, 0.2) is 23.3 Å². The van der Waals surface area contributed by atoms with Gasteiger partial charge in [-0.05, 0) is 24.4 Å². The van der Waals surface area contributed by atoms with Crippen LogP contribution < -0.4 is 20.2 Å². The smallest absolute Gasteiger partial charge is 0.187 e. The Labute approximate surface area is 124 Å². The molecule has 0 unspecified atom stereocenters. The molecule has 0 fully saturated rings. The van der Waals surface area contributed by atoms with E-state index in [1.54, 1.807) is 33.6 Å². The summed E-state index contributed by atoms with van der Waals surface area (Å²) in [7, 11) is 4.83. The molecule has 7 heteroatoms. The Bertz CT molecular complexity index is 444. The van der Waals surface area contributed by atoms with Crippen molar-refractivity contribution in [2.75, 3.05) is 34.5 Å². The van der Waals surface area contributed by atoms with Crippen molar-refractivity contribution in [3.05, 3.63) is 23.8 Å². The normalized spacial score (nSPS) is 10.3. The fraction of sp³-hybridized carbons (Fsp3) is 0.385. The van der Waals surface area contributed by atoms with E-state index in [0.717, 1.165) is 5.56 Å². The Hall–Kier alpha value is -1.86. The lowest BCUT2D eigenvalue weighted by molar-refractivity contribution is 0.204. The average Bonchev–Trinajstić information content (AvgIpc) is 2.47. The molecule has 6 nitrogen and oxygen atoms in total. The third kappa shape index (κ3) is 5.85. The number of rotatable bonds is 7. The van der Waals surface area contributed by atoms with E-state index in [0.29, 0.717) is 29.8 Å². The number of hydrogen-bond donors (Lipinski definition) is 2. The third-order valence-electron chi connectivity index (χ3n) is 2.35. The van der Waals surface area contributed by atoms with E-state index in [4.69, 9.17) is 26.4 Å². The highest BCUT2D eigenvalue weighted by Gasteiger charge is 2.00. The van der Waals surface area contributed by atoms with E-state index in [9.17, 15) is 0 Å². The minimum Gasteiger partial charge on any atom is -0.497 e. The zero-order valence-corrected chi connectivity index (χ0v) is 12.6. The average molecular weight is 297 g/mol. The molecule has 0 saturated carbocycles. The second-order valence-electron chi connectivity index (χ2n) is 3.76. The van der Waals surface area contributed by atoms with Gasteiger partial charge >= 0.3 is 0 Å². The molecule has 20 heavy (non-hydrogen) atoms. The van der Waals surface area contributed by atoms with Gasteiger partial charge in [0.1, 0.15) is 11.5 Å². The van der Waals surface area contributed by atoms with Gasteiger partial charge in [0.25, 0.3) is 0 Å².